The molecule has 0 fully saturated rings. The van der Waals surface area contributed by atoms with Crippen LogP contribution in [0.4, 0.5) is 26.3 Å². The molecule has 27 heavy (non-hydrogen) atoms. The summed E-state index contributed by atoms with van der Waals surface area (Å²) < 4.78 is 90.8. The summed E-state index contributed by atoms with van der Waals surface area (Å²) in [5.74, 6) is 0. The Morgan fingerprint density at radius 2 is 1.33 bits per heavy atom. The van der Waals surface area contributed by atoms with Gasteiger partial charge < -0.3 is 0 Å². The summed E-state index contributed by atoms with van der Waals surface area (Å²) in [4.78, 5) is 12.2. The van der Waals surface area contributed by atoms with E-state index in [9.17, 15) is 35.7 Å². The Morgan fingerprint density at radius 3 is 1.81 bits per heavy atom. The van der Waals surface area contributed by atoms with Gasteiger partial charge in [0.2, 0.25) is 0 Å². The molecule has 0 aliphatic rings. The molecule has 144 valence electrons. The molecule has 0 bridgehead atoms. The maximum absolute atomic E-state index is 13.1. The molecule has 0 N–H and O–H groups in total. The Morgan fingerprint density at radius 1 is 0.815 bits per heavy atom. The van der Waals surface area contributed by atoms with E-state index in [0.717, 1.165) is 5.56 Å². The van der Waals surface area contributed by atoms with Gasteiger partial charge >= 0.3 is 25.7 Å². The lowest BCUT2D eigenvalue weighted by atomic mass is 10.0. The molecule has 0 aliphatic carbocycles. The Bertz CT molecular complexity index is 796. The molecule has 1 atom stereocenters. The van der Waals surface area contributed by atoms with E-state index < -0.39 is 42.4 Å². The second-order valence-electron chi connectivity index (χ2n) is 5.72. The molecule has 0 heterocycles. The first-order valence-corrected chi connectivity index (χ1v) is 9.26. The molecule has 1 unspecified atom stereocenters. The zero-order chi connectivity index (χ0) is 20.2. The van der Waals surface area contributed by atoms with Crippen LogP contribution in [0, 0.1) is 0 Å². The summed E-state index contributed by atoms with van der Waals surface area (Å²) in [5, 5.41) is 0. The van der Waals surface area contributed by atoms with Gasteiger partial charge in [-0.2, -0.15) is 26.3 Å². The normalized spacial score (nSPS) is 12.7. The lowest BCUT2D eigenvalue weighted by Crippen LogP contribution is -2.19. The molecule has 0 radical (unpaired) electrons. The van der Waals surface area contributed by atoms with Gasteiger partial charge in [0.1, 0.15) is 0 Å². The molecule has 0 amide bonds. The first kappa shape index (κ1) is 21.1. The summed E-state index contributed by atoms with van der Waals surface area (Å²) >= 11 is 0. The van der Waals surface area contributed by atoms with Crippen LogP contribution in [0.5, 0.6) is 0 Å². The van der Waals surface area contributed by atoms with Gasteiger partial charge in [-0.1, -0.05) is 41.0 Å². The predicted molar refractivity (Wildman–Crippen MR) is 88.0 cm³/mol. The molecule has 0 aromatic heterocycles. The van der Waals surface area contributed by atoms with Crippen molar-refractivity contribution in [1.82, 2.24) is 0 Å². The smallest absolute Gasteiger partial charge is 0.234 e. The van der Waals surface area contributed by atoms with Crippen LogP contribution in [0.1, 0.15) is 33.5 Å². The summed E-state index contributed by atoms with van der Waals surface area (Å²) in [6.45, 7) is 0. The zero-order valence-electron chi connectivity index (χ0n) is 13.8. The minimum absolute atomic E-state index is 0.195. The van der Waals surface area contributed by atoms with E-state index in [1.54, 1.807) is 30.3 Å². The van der Waals surface area contributed by atoms with Crippen molar-refractivity contribution in [2.24, 2.45) is 0 Å². The van der Waals surface area contributed by atoms with Crippen LogP contribution in [0.15, 0.2) is 48.5 Å². The molecule has 2 aromatic rings. The van der Waals surface area contributed by atoms with E-state index in [-0.39, 0.29) is 12.6 Å². The third-order valence-electron chi connectivity index (χ3n) is 3.79. The maximum Gasteiger partial charge on any atom is 0.420 e. The fraction of sp³-hybridized carbons (Fsp3) is 0.278. The van der Waals surface area contributed by atoms with Crippen molar-refractivity contribution in [2.75, 3.05) is 6.16 Å². The van der Waals surface area contributed by atoms with E-state index in [2.05, 4.69) is 0 Å². The van der Waals surface area contributed by atoms with Crippen LogP contribution in [0.3, 0.4) is 0 Å². The zero-order valence-corrected chi connectivity index (χ0v) is 14.7. The Kier molecular flexibility index (Phi) is 6.42. The average molecular weight is 407 g/mol. The van der Waals surface area contributed by atoms with Gasteiger partial charge in [-0.25, -0.2) is 4.79 Å². The van der Waals surface area contributed by atoms with Crippen molar-refractivity contribution in [3.8, 4) is 0 Å². The molecule has 2 nitrogen and oxygen atoms in total. The predicted octanol–water partition coefficient (Wildman–Crippen LogP) is 6.32. The Balaban J connectivity index is 2.27. The summed E-state index contributed by atoms with van der Waals surface area (Å²) in [7, 11) is -2.93. The largest absolute Gasteiger partial charge is 0.420 e. The number of carbonyl (C=O) groups excluding carboxylic acids is 1. The van der Waals surface area contributed by atoms with Crippen molar-refractivity contribution < 1.29 is 35.7 Å². The first-order chi connectivity index (χ1) is 12.5. The van der Waals surface area contributed by atoms with Crippen LogP contribution in [0.25, 0.3) is 0 Å². The number of aryl methyl sites for hydroxylation is 1. The van der Waals surface area contributed by atoms with Crippen molar-refractivity contribution in [3.63, 3.8) is 0 Å². The second-order valence-corrected chi connectivity index (χ2v) is 7.33. The van der Waals surface area contributed by atoms with Gasteiger partial charge in [0.05, 0.1) is 16.7 Å². The number of hydrogen-bond acceptors (Lipinski definition) is 2. The standard InChI is InChI=1S/C18H14F6O2P/c19-17(20,21)13-9-4-10-14(18(22,23)24)15(13)16(25)27(26)11-5-8-12-6-2-1-3-7-12/h1-4,6-7,9-10H,5,8,11H2/q+1. The third-order valence-corrected chi connectivity index (χ3v) is 5.18. The van der Waals surface area contributed by atoms with E-state index in [1.807, 2.05) is 0 Å². The molecular formula is C18H14F6O2P+. The maximum atomic E-state index is 13.1. The summed E-state index contributed by atoms with van der Waals surface area (Å²) in [5.41, 5.74) is -5.79. The molecule has 0 aliphatic heterocycles. The quantitative estimate of drug-likeness (QED) is 0.415. The van der Waals surface area contributed by atoms with Gasteiger partial charge in [0.15, 0.2) is 6.16 Å². The van der Waals surface area contributed by atoms with Crippen LogP contribution >= 0.6 is 7.80 Å². The van der Waals surface area contributed by atoms with E-state index in [0.29, 0.717) is 24.6 Å². The number of benzene rings is 2. The Labute approximate surface area is 152 Å². The number of carbonyl (C=O) groups is 1. The van der Waals surface area contributed by atoms with Crippen molar-refractivity contribution in [3.05, 3.63) is 70.8 Å². The van der Waals surface area contributed by atoms with Crippen LogP contribution < -0.4 is 0 Å². The second kappa shape index (κ2) is 8.21. The van der Waals surface area contributed by atoms with E-state index in [1.165, 1.54) is 0 Å². The first-order valence-electron chi connectivity index (χ1n) is 7.82. The van der Waals surface area contributed by atoms with Crippen molar-refractivity contribution in [1.29, 1.82) is 0 Å². The Hall–Kier alpha value is -2.21. The van der Waals surface area contributed by atoms with E-state index >= 15 is 0 Å². The van der Waals surface area contributed by atoms with Gasteiger partial charge in [-0.3, -0.25) is 0 Å². The molecule has 9 heteroatoms. The summed E-state index contributed by atoms with van der Waals surface area (Å²) in [6, 6.07) is 10.2. The van der Waals surface area contributed by atoms with Gasteiger partial charge in [0, 0.05) is 0 Å². The number of rotatable bonds is 6. The average Bonchev–Trinajstić information content (AvgIpc) is 2.59. The fourth-order valence-corrected chi connectivity index (χ4v) is 3.69. The highest BCUT2D eigenvalue weighted by molar-refractivity contribution is 7.64. The monoisotopic (exact) mass is 407 g/mol. The minimum atomic E-state index is -5.17. The molecule has 0 saturated heterocycles. The third kappa shape index (κ3) is 5.39. The highest BCUT2D eigenvalue weighted by Gasteiger charge is 2.47. The number of halogens is 6. The molecular weight excluding hydrogens is 393 g/mol. The highest BCUT2D eigenvalue weighted by atomic mass is 31.1. The number of alkyl halides is 6. The molecule has 0 spiro atoms. The van der Waals surface area contributed by atoms with Gasteiger partial charge in [-0.05, 0) is 30.5 Å². The molecule has 2 aromatic carbocycles. The fourth-order valence-electron chi connectivity index (χ4n) is 2.55. The molecule has 2 rings (SSSR count). The minimum Gasteiger partial charge on any atom is -0.234 e. The topological polar surface area (TPSA) is 34.1 Å². The van der Waals surface area contributed by atoms with Crippen molar-refractivity contribution in [2.45, 2.75) is 25.2 Å². The van der Waals surface area contributed by atoms with Gasteiger partial charge in [0.25, 0.3) is 0 Å². The van der Waals surface area contributed by atoms with Crippen LogP contribution in [-0.2, 0) is 23.3 Å². The van der Waals surface area contributed by atoms with Crippen LogP contribution in [0.2, 0.25) is 0 Å². The highest BCUT2D eigenvalue weighted by Crippen LogP contribution is 2.43. The lowest BCUT2D eigenvalue weighted by Gasteiger charge is -2.15. The summed E-state index contributed by atoms with van der Waals surface area (Å²) in [6.07, 6.45) is -10.0. The van der Waals surface area contributed by atoms with Gasteiger partial charge in [-0.15, -0.1) is 0 Å². The molecule has 0 saturated carbocycles. The van der Waals surface area contributed by atoms with Crippen molar-refractivity contribution >= 4 is 13.3 Å². The number of hydrogen-bond donors (Lipinski definition) is 0. The van der Waals surface area contributed by atoms with E-state index in [4.69, 9.17) is 0 Å². The lowest BCUT2D eigenvalue weighted by molar-refractivity contribution is -0.143. The van der Waals surface area contributed by atoms with Crippen LogP contribution in [-0.4, -0.2) is 11.7 Å². The SMILES string of the molecule is O=C(c1c(C(F)(F)F)cccc1C(F)(F)F)[P+](=O)CCCc1ccccc1.